The number of Topliss-reactive ketones (excluding diaryl/α,β-unsaturated/α-hetero) is 1. The Balaban J connectivity index is 1.44. The van der Waals surface area contributed by atoms with Gasteiger partial charge >= 0.3 is 12.1 Å². The first kappa shape index (κ1) is 38.6. The molecule has 0 bridgehead atoms. The maximum absolute atomic E-state index is 14.4. The van der Waals surface area contributed by atoms with Gasteiger partial charge in [0, 0.05) is 13.1 Å². The van der Waals surface area contributed by atoms with Gasteiger partial charge in [0.2, 0.25) is 17.6 Å². The van der Waals surface area contributed by atoms with Crippen LogP contribution < -0.4 is 27.0 Å². The molecule has 6 amide bonds. The van der Waals surface area contributed by atoms with E-state index in [1.165, 1.54) is 4.90 Å². The van der Waals surface area contributed by atoms with Crippen LogP contribution in [0, 0.1) is 34.0 Å². The van der Waals surface area contributed by atoms with E-state index in [1.807, 2.05) is 71.9 Å². The lowest BCUT2D eigenvalue weighted by Gasteiger charge is -2.39. The van der Waals surface area contributed by atoms with Crippen LogP contribution in [-0.2, 0) is 30.5 Å². The Hall–Kier alpha value is -4.16. The Morgan fingerprint density at radius 3 is 2.12 bits per heavy atom. The second kappa shape index (κ2) is 15.0. The summed E-state index contributed by atoms with van der Waals surface area (Å²) in [6, 6.07) is 5.22. The zero-order valence-corrected chi connectivity index (χ0v) is 30.8. The number of urea groups is 1. The van der Waals surface area contributed by atoms with Crippen molar-refractivity contribution < 1.29 is 33.5 Å². The molecule has 2 saturated carbocycles. The van der Waals surface area contributed by atoms with Crippen LogP contribution >= 0.6 is 0 Å². The van der Waals surface area contributed by atoms with Crippen molar-refractivity contribution in [1.29, 1.82) is 0 Å². The Labute approximate surface area is 295 Å². The van der Waals surface area contributed by atoms with Crippen molar-refractivity contribution in [2.24, 2.45) is 39.7 Å². The number of amides is 6. The molecule has 13 nitrogen and oxygen atoms in total. The van der Waals surface area contributed by atoms with Gasteiger partial charge in [0.1, 0.15) is 18.7 Å². The summed E-state index contributed by atoms with van der Waals surface area (Å²) in [7, 11) is 0. The summed E-state index contributed by atoms with van der Waals surface area (Å²) in [4.78, 5) is 80.4. The number of alkyl carbamates (subject to hydrolysis) is 1. The zero-order chi connectivity index (χ0) is 37.2. The number of carbonyl (C=O) groups excluding carboxylic acids is 6. The third kappa shape index (κ3) is 9.14. The fourth-order valence-electron chi connectivity index (χ4n) is 7.17. The number of rotatable bonds is 13. The van der Waals surface area contributed by atoms with E-state index in [9.17, 15) is 28.8 Å². The Kier molecular flexibility index (Phi) is 11.6. The summed E-state index contributed by atoms with van der Waals surface area (Å²) in [6.07, 6.45) is 2.55. The van der Waals surface area contributed by atoms with Crippen molar-refractivity contribution in [2.45, 2.75) is 112 Å². The van der Waals surface area contributed by atoms with Crippen molar-refractivity contribution >= 4 is 35.6 Å². The second-order valence-corrected chi connectivity index (χ2v) is 17.0. The first-order chi connectivity index (χ1) is 23.2. The highest BCUT2D eigenvalue weighted by atomic mass is 16.5. The lowest BCUT2D eigenvalue weighted by atomic mass is 9.80. The van der Waals surface area contributed by atoms with E-state index in [4.69, 9.17) is 10.5 Å². The highest BCUT2D eigenvalue weighted by Crippen LogP contribution is 2.65. The number of piperidine rings is 1. The van der Waals surface area contributed by atoms with Gasteiger partial charge in [-0.3, -0.25) is 19.2 Å². The molecule has 13 heteroatoms. The monoisotopic (exact) mass is 696 g/mol. The van der Waals surface area contributed by atoms with Gasteiger partial charge in [-0.15, -0.1) is 0 Å². The standard InChI is InChI=1S/C37H56N6O7/c1-35(2,3)25(20-50-34(49)39-18-22-13-10-9-11-14-22)41-33(48)42-29(36(4,5)6)32(47)43-19-23-26(37(23,7)8)27(43)31(46)40-24(28(44)30(38)45)17-21-15-12-16-21/h9-11,13-14,21,23-27,29H,12,15-20H2,1-8H3,(H2,38,45)(H,39,49)(H,40,46)(H2,41,42,48)/t23-,24?,25?,26-,27-,29+/m0/s1. The highest BCUT2D eigenvalue weighted by molar-refractivity contribution is 6.37. The first-order valence-electron chi connectivity index (χ1n) is 17.7. The average Bonchev–Trinajstić information content (AvgIpc) is 3.31. The molecule has 2 unspecified atom stereocenters. The number of nitrogens with one attached hydrogen (secondary N) is 4. The van der Waals surface area contributed by atoms with Crippen LogP contribution in [0.5, 0.6) is 0 Å². The molecule has 0 spiro atoms. The highest BCUT2D eigenvalue weighted by Gasteiger charge is 2.70. The molecule has 1 aromatic rings. The van der Waals surface area contributed by atoms with Crippen LogP contribution in [0.3, 0.4) is 0 Å². The number of fused-ring (bicyclic) bond motifs is 1. The maximum Gasteiger partial charge on any atom is 0.407 e. The van der Waals surface area contributed by atoms with Crippen molar-refractivity contribution in [3.63, 3.8) is 0 Å². The molecule has 1 aliphatic heterocycles. The van der Waals surface area contributed by atoms with Crippen molar-refractivity contribution in [3.8, 4) is 0 Å². The molecule has 0 aromatic heterocycles. The van der Waals surface area contributed by atoms with E-state index in [-0.39, 0.29) is 29.8 Å². The van der Waals surface area contributed by atoms with Gasteiger partial charge < -0.3 is 36.6 Å². The lowest BCUT2D eigenvalue weighted by molar-refractivity contribution is -0.145. The third-order valence-corrected chi connectivity index (χ3v) is 10.8. The maximum atomic E-state index is 14.4. The van der Waals surface area contributed by atoms with E-state index in [0.717, 1.165) is 24.8 Å². The van der Waals surface area contributed by atoms with E-state index in [0.29, 0.717) is 19.5 Å². The quantitative estimate of drug-likeness (QED) is 0.196. The van der Waals surface area contributed by atoms with Gasteiger partial charge in [-0.25, -0.2) is 9.59 Å². The number of primary amides is 1. The largest absolute Gasteiger partial charge is 0.447 e. The molecule has 6 N–H and O–H groups in total. The molecule has 1 heterocycles. The lowest BCUT2D eigenvalue weighted by Crippen LogP contribution is -2.62. The van der Waals surface area contributed by atoms with Crippen LogP contribution in [0.2, 0.25) is 0 Å². The van der Waals surface area contributed by atoms with E-state index >= 15 is 0 Å². The van der Waals surface area contributed by atoms with Gasteiger partial charge in [-0.05, 0) is 46.0 Å². The van der Waals surface area contributed by atoms with Crippen LogP contribution in [0.4, 0.5) is 9.59 Å². The second-order valence-electron chi connectivity index (χ2n) is 17.0. The molecule has 1 saturated heterocycles. The molecule has 0 radical (unpaired) electrons. The number of nitrogens with zero attached hydrogens (tertiary/aromatic N) is 1. The van der Waals surface area contributed by atoms with Crippen LogP contribution in [0.1, 0.15) is 86.6 Å². The molecule has 1 aromatic carbocycles. The molecular weight excluding hydrogens is 640 g/mol. The molecule has 2 aliphatic carbocycles. The van der Waals surface area contributed by atoms with Crippen LogP contribution in [-0.4, -0.2) is 77.8 Å². The smallest absolute Gasteiger partial charge is 0.407 e. The van der Waals surface area contributed by atoms with E-state index in [1.54, 1.807) is 0 Å². The summed E-state index contributed by atoms with van der Waals surface area (Å²) >= 11 is 0. The number of ketones is 1. The topological polar surface area (TPSA) is 189 Å². The predicted molar refractivity (Wildman–Crippen MR) is 187 cm³/mol. The number of hydrogen-bond donors (Lipinski definition) is 5. The summed E-state index contributed by atoms with van der Waals surface area (Å²) in [6.45, 7) is 15.8. The fraction of sp³-hybridized carbons (Fsp3) is 0.676. The molecule has 4 rings (SSSR count). The fourth-order valence-corrected chi connectivity index (χ4v) is 7.17. The third-order valence-electron chi connectivity index (χ3n) is 10.8. The SMILES string of the molecule is CC(C)(C)C(COC(=O)NCc1ccccc1)NC(=O)N[C@H](C(=O)N1C[C@H]2[C@@H]([C@H]1C(=O)NC(CC1CCC1)C(=O)C(N)=O)C2(C)C)C(C)(C)C. The van der Waals surface area contributed by atoms with Crippen LogP contribution in [0.15, 0.2) is 30.3 Å². The molecule has 6 atom stereocenters. The first-order valence-corrected chi connectivity index (χ1v) is 17.7. The average molecular weight is 697 g/mol. The minimum Gasteiger partial charge on any atom is -0.447 e. The summed E-state index contributed by atoms with van der Waals surface area (Å²) in [5.74, 6) is -2.74. The zero-order valence-electron chi connectivity index (χ0n) is 30.8. The molecule has 3 aliphatic rings. The summed E-state index contributed by atoms with van der Waals surface area (Å²) < 4.78 is 5.46. The van der Waals surface area contributed by atoms with Gasteiger partial charge in [-0.1, -0.05) is 105 Å². The van der Waals surface area contributed by atoms with E-state index in [2.05, 4.69) is 35.1 Å². The normalized spacial score (nSPS) is 22.9. The van der Waals surface area contributed by atoms with Crippen molar-refractivity contribution in [2.75, 3.05) is 13.2 Å². The molecule has 276 valence electrons. The Morgan fingerprint density at radius 1 is 0.940 bits per heavy atom. The van der Waals surface area contributed by atoms with Gasteiger partial charge in [0.05, 0.1) is 12.1 Å². The number of benzene rings is 1. The number of likely N-dealkylation sites (tertiary alicyclic amines) is 1. The number of hydrogen-bond acceptors (Lipinski definition) is 7. The van der Waals surface area contributed by atoms with Gasteiger partial charge in [0.15, 0.2) is 0 Å². The minimum absolute atomic E-state index is 0.0593. The minimum atomic E-state index is -1.10. The van der Waals surface area contributed by atoms with Crippen molar-refractivity contribution in [1.82, 2.24) is 26.2 Å². The predicted octanol–water partition coefficient (Wildman–Crippen LogP) is 3.25. The van der Waals surface area contributed by atoms with Gasteiger partial charge in [0.25, 0.3) is 5.91 Å². The van der Waals surface area contributed by atoms with Crippen LogP contribution in [0.25, 0.3) is 0 Å². The number of carbonyl (C=O) groups is 6. The number of ether oxygens (including phenoxy) is 1. The van der Waals surface area contributed by atoms with E-state index < -0.39 is 70.6 Å². The summed E-state index contributed by atoms with van der Waals surface area (Å²) in [5, 5.41) is 11.2. The summed E-state index contributed by atoms with van der Waals surface area (Å²) in [5.41, 5.74) is 4.79. The number of nitrogens with two attached hydrogens (primary N) is 1. The molecular formula is C37H56N6O7. The Morgan fingerprint density at radius 2 is 1.58 bits per heavy atom. The van der Waals surface area contributed by atoms with Gasteiger partial charge in [-0.2, -0.15) is 0 Å². The molecule has 3 fully saturated rings. The Bertz CT molecular complexity index is 1450. The van der Waals surface area contributed by atoms with Crippen molar-refractivity contribution in [3.05, 3.63) is 35.9 Å². The molecule has 50 heavy (non-hydrogen) atoms.